The maximum atomic E-state index is 8.57. The van der Waals surface area contributed by atoms with E-state index in [1.165, 1.54) is 0 Å². The quantitative estimate of drug-likeness (QED) is 0.699. The minimum Gasteiger partial charge on any atom is -0.257 e. The van der Waals surface area contributed by atoms with Crippen molar-refractivity contribution in [2.45, 2.75) is 0 Å². The molecule has 0 aliphatic carbocycles. The fourth-order valence-electron chi connectivity index (χ4n) is 0.782. The Balaban J connectivity index is 2.88. The van der Waals surface area contributed by atoms with E-state index in [1.807, 2.05) is 12.2 Å². The molecule has 2 nitrogen and oxygen atoms in total. The van der Waals surface area contributed by atoms with Crippen molar-refractivity contribution in [1.82, 2.24) is 4.98 Å². The fourth-order valence-corrected chi connectivity index (χ4v) is 0.888. The third-order valence-electron chi connectivity index (χ3n) is 1.30. The highest BCUT2D eigenvalue weighted by molar-refractivity contribution is 7.80. The first-order chi connectivity index (χ1) is 5.86. The van der Waals surface area contributed by atoms with E-state index in [4.69, 9.17) is 5.26 Å². The molecule has 0 unspecified atom stereocenters. The smallest absolute Gasteiger partial charge is 0.0992 e. The van der Waals surface area contributed by atoms with Gasteiger partial charge in [0.25, 0.3) is 0 Å². The Morgan fingerprint density at radius 2 is 2.50 bits per heavy atom. The summed E-state index contributed by atoms with van der Waals surface area (Å²) >= 11 is 4.02. The number of nitrogens with zero attached hydrogens (tertiary/aromatic N) is 2. The molecule has 0 spiro atoms. The van der Waals surface area contributed by atoms with Crippen LogP contribution in [0.25, 0.3) is 6.08 Å². The van der Waals surface area contributed by atoms with Crippen LogP contribution < -0.4 is 0 Å². The highest BCUT2D eigenvalue weighted by Gasteiger charge is 1.90. The van der Waals surface area contributed by atoms with E-state index < -0.39 is 0 Å². The van der Waals surface area contributed by atoms with E-state index in [2.05, 4.69) is 23.7 Å². The monoisotopic (exact) mass is 176 g/mol. The molecule has 60 valence electrons. The molecule has 0 amide bonds. The summed E-state index contributed by atoms with van der Waals surface area (Å²) in [6.07, 6.45) is 5.34. The molecule has 12 heavy (non-hydrogen) atoms. The molecule has 0 radical (unpaired) electrons. The van der Waals surface area contributed by atoms with Gasteiger partial charge in [0.2, 0.25) is 0 Å². The van der Waals surface area contributed by atoms with Crippen molar-refractivity contribution in [3.8, 4) is 6.07 Å². The Labute approximate surface area is 77.0 Å². The molecule has 0 aliphatic heterocycles. The molecule has 0 fully saturated rings. The molecule has 1 heterocycles. The summed E-state index contributed by atoms with van der Waals surface area (Å²) < 4.78 is 0. The van der Waals surface area contributed by atoms with Crippen molar-refractivity contribution in [2.75, 3.05) is 5.75 Å². The second-order valence-corrected chi connectivity index (χ2v) is 2.53. The van der Waals surface area contributed by atoms with E-state index in [0.717, 1.165) is 5.69 Å². The molecule has 1 aromatic rings. The highest BCUT2D eigenvalue weighted by atomic mass is 32.1. The zero-order chi connectivity index (χ0) is 8.81. The first-order valence-electron chi connectivity index (χ1n) is 3.50. The minimum atomic E-state index is 0.629. The van der Waals surface area contributed by atoms with Crippen molar-refractivity contribution in [1.29, 1.82) is 5.26 Å². The third kappa shape index (κ3) is 2.40. The maximum Gasteiger partial charge on any atom is 0.0992 e. The standard InChI is InChI=1S/C9H8N2S/c10-7-8-3-4-11-9(6-8)2-1-5-12/h1-4,6,12H,5H2. The van der Waals surface area contributed by atoms with Crippen LogP contribution in [0.4, 0.5) is 0 Å². The molecule has 0 saturated heterocycles. The summed E-state index contributed by atoms with van der Waals surface area (Å²) in [6.45, 7) is 0. The van der Waals surface area contributed by atoms with Gasteiger partial charge < -0.3 is 0 Å². The largest absolute Gasteiger partial charge is 0.257 e. The topological polar surface area (TPSA) is 36.7 Å². The van der Waals surface area contributed by atoms with Crippen LogP contribution in [-0.2, 0) is 0 Å². The lowest BCUT2D eigenvalue weighted by Gasteiger charge is -1.91. The average molecular weight is 176 g/mol. The number of rotatable bonds is 2. The zero-order valence-electron chi connectivity index (χ0n) is 6.44. The normalized spacial score (nSPS) is 10.0. The van der Waals surface area contributed by atoms with E-state index in [-0.39, 0.29) is 0 Å². The Morgan fingerprint density at radius 1 is 1.67 bits per heavy atom. The van der Waals surface area contributed by atoms with Crippen LogP contribution >= 0.6 is 12.6 Å². The molecule has 1 aromatic heterocycles. The second kappa shape index (κ2) is 4.58. The van der Waals surface area contributed by atoms with Crippen molar-refractivity contribution >= 4 is 18.7 Å². The first kappa shape index (κ1) is 8.82. The first-order valence-corrected chi connectivity index (χ1v) is 4.13. The van der Waals surface area contributed by atoms with Gasteiger partial charge >= 0.3 is 0 Å². The van der Waals surface area contributed by atoms with Crippen LogP contribution in [0.5, 0.6) is 0 Å². The van der Waals surface area contributed by atoms with Crippen molar-refractivity contribution in [3.05, 3.63) is 35.7 Å². The van der Waals surface area contributed by atoms with Gasteiger partial charge in [-0.15, -0.1) is 0 Å². The van der Waals surface area contributed by atoms with Crippen LogP contribution in [0.1, 0.15) is 11.3 Å². The van der Waals surface area contributed by atoms with Gasteiger partial charge in [-0.3, -0.25) is 4.98 Å². The predicted molar refractivity (Wildman–Crippen MR) is 51.8 cm³/mol. The van der Waals surface area contributed by atoms with Crippen LogP contribution in [0.3, 0.4) is 0 Å². The zero-order valence-corrected chi connectivity index (χ0v) is 7.33. The Hall–Kier alpha value is -1.27. The number of nitriles is 1. The maximum absolute atomic E-state index is 8.57. The van der Waals surface area contributed by atoms with E-state index in [1.54, 1.807) is 18.3 Å². The van der Waals surface area contributed by atoms with E-state index in [9.17, 15) is 0 Å². The molecular formula is C9H8N2S. The summed E-state index contributed by atoms with van der Waals surface area (Å²) in [7, 11) is 0. The number of pyridine rings is 1. The summed E-state index contributed by atoms with van der Waals surface area (Å²) in [6, 6.07) is 5.47. The third-order valence-corrected chi connectivity index (χ3v) is 1.52. The summed E-state index contributed by atoms with van der Waals surface area (Å²) in [5, 5.41) is 8.57. The molecule has 0 atom stereocenters. The molecule has 3 heteroatoms. The van der Waals surface area contributed by atoms with Crippen LogP contribution in [-0.4, -0.2) is 10.7 Å². The predicted octanol–water partition coefficient (Wildman–Crippen LogP) is 1.90. The van der Waals surface area contributed by atoms with Crippen molar-refractivity contribution in [2.24, 2.45) is 0 Å². The number of hydrogen-bond acceptors (Lipinski definition) is 3. The van der Waals surface area contributed by atoms with Crippen LogP contribution in [0.15, 0.2) is 24.4 Å². The Morgan fingerprint density at radius 3 is 3.17 bits per heavy atom. The molecular weight excluding hydrogens is 168 g/mol. The van der Waals surface area contributed by atoms with E-state index >= 15 is 0 Å². The number of aromatic nitrogens is 1. The van der Waals surface area contributed by atoms with Gasteiger partial charge in [-0.25, -0.2) is 0 Å². The number of hydrogen-bond donors (Lipinski definition) is 1. The lowest BCUT2D eigenvalue weighted by atomic mass is 10.2. The summed E-state index contributed by atoms with van der Waals surface area (Å²) in [5.41, 5.74) is 1.42. The van der Waals surface area contributed by atoms with Gasteiger partial charge in [0.05, 0.1) is 17.3 Å². The van der Waals surface area contributed by atoms with Crippen molar-refractivity contribution in [3.63, 3.8) is 0 Å². The van der Waals surface area contributed by atoms with Gasteiger partial charge in [0.1, 0.15) is 0 Å². The van der Waals surface area contributed by atoms with Gasteiger partial charge in [-0.2, -0.15) is 17.9 Å². The molecule has 0 N–H and O–H groups in total. The Kier molecular flexibility index (Phi) is 3.36. The van der Waals surface area contributed by atoms with Crippen molar-refractivity contribution < 1.29 is 0 Å². The SMILES string of the molecule is N#Cc1ccnc(C=CCS)c1. The highest BCUT2D eigenvalue weighted by Crippen LogP contribution is 2.01. The van der Waals surface area contributed by atoms with Gasteiger partial charge in [0, 0.05) is 11.9 Å². The fraction of sp³-hybridized carbons (Fsp3) is 0.111. The van der Waals surface area contributed by atoms with E-state index in [0.29, 0.717) is 11.3 Å². The van der Waals surface area contributed by atoms with Crippen LogP contribution in [0.2, 0.25) is 0 Å². The lowest BCUT2D eigenvalue weighted by molar-refractivity contribution is 1.28. The molecule has 0 saturated carbocycles. The summed E-state index contributed by atoms with van der Waals surface area (Å²) in [4.78, 5) is 4.05. The van der Waals surface area contributed by atoms with Gasteiger partial charge in [-0.1, -0.05) is 6.08 Å². The lowest BCUT2D eigenvalue weighted by Crippen LogP contribution is -1.81. The van der Waals surface area contributed by atoms with Gasteiger partial charge in [-0.05, 0) is 18.2 Å². The number of thiol groups is 1. The van der Waals surface area contributed by atoms with Gasteiger partial charge in [0.15, 0.2) is 0 Å². The Bertz CT molecular complexity index is 326. The molecule has 0 aliphatic rings. The second-order valence-electron chi connectivity index (χ2n) is 2.17. The molecule has 0 bridgehead atoms. The average Bonchev–Trinajstić information content (AvgIpc) is 2.15. The summed E-state index contributed by atoms with van der Waals surface area (Å²) in [5.74, 6) is 0.679. The minimum absolute atomic E-state index is 0.629. The van der Waals surface area contributed by atoms with Crippen LogP contribution in [0, 0.1) is 11.3 Å². The molecule has 1 rings (SSSR count). The molecule has 0 aromatic carbocycles.